The van der Waals surface area contributed by atoms with Crippen LogP contribution in [0.5, 0.6) is 0 Å². The summed E-state index contributed by atoms with van der Waals surface area (Å²) in [5, 5.41) is 4.22. The standard InChI is InChI=1S/C17H17F3N4O3S/c1-10-8-23-15(14(7-21-23)24-2-3-28(24,26)27)9-22(10)16(25)6-11-4-12(18)17(20)13(19)5-11/h4-5,7,10H,2-3,6,8-9H2,1H3/t10-/m0/s1. The van der Waals surface area contributed by atoms with Crippen LogP contribution >= 0.6 is 0 Å². The van der Waals surface area contributed by atoms with Crippen molar-refractivity contribution in [2.24, 2.45) is 0 Å². The van der Waals surface area contributed by atoms with Gasteiger partial charge in [-0.25, -0.2) is 21.6 Å². The minimum Gasteiger partial charge on any atom is -0.332 e. The van der Waals surface area contributed by atoms with E-state index < -0.39 is 33.4 Å². The van der Waals surface area contributed by atoms with Crippen LogP contribution in [0, 0.1) is 17.5 Å². The molecule has 150 valence electrons. The fraction of sp³-hybridized carbons (Fsp3) is 0.412. The summed E-state index contributed by atoms with van der Waals surface area (Å²) in [6, 6.07) is 1.34. The lowest BCUT2D eigenvalue weighted by atomic mass is 10.1. The largest absolute Gasteiger partial charge is 0.332 e. The SMILES string of the molecule is C[C@H]1Cn2ncc(N3CCS3(=O)=O)c2CN1C(=O)Cc1cc(F)c(F)c(F)c1. The molecule has 1 amide bonds. The summed E-state index contributed by atoms with van der Waals surface area (Å²) in [6.45, 7) is 2.64. The van der Waals surface area contributed by atoms with Crippen LogP contribution in [0.2, 0.25) is 0 Å². The van der Waals surface area contributed by atoms with E-state index in [0.717, 1.165) is 12.1 Å². The molecular formula is C17H17F3N4O3S. The maximum Gasteiger partial charge on any atom is 0.237 e. The number of carbonyl (C=O) groups is 1. The van der Waals surface area contributed by atoms with Crippen LogP contribution < -0.4 is 4.31 Å². The third-order valence-corrected chi connectivity index (χ3v) is 6.84. The predicted octanol–water partition coefficient (Wildman–Crippen LogP) is 1.42. The van der Waals surface area contributed by atoms with E-state index in [-0.39, 0.29) is 30.3 Å². The van der Waals surface area contributed by atoms with Crippen molar-refractivity contribution in [2.75, 3.05) is 16.6 Å². The van der Waals surface area contributed by atoms with E-state index in [1.165, 1.54) is 15.4 Å². The second-order valence-corrected chi connectivity index (χ2v) is 8.98. The molecule has 4 rings (SSSR count). The zero-order valence-electron chi connectivity index (χ0n) is 14.9. The van der Waals surface area contributed by atoms with Gasteiger partial charge in [0, 0.05) is 6.04 Å². The number of sulfonamides is 1. The fourth-order valence-electron chi connectivity index (χ4n) is 3.52. The van der Waals surface area contributed by atoms with Crippen LogP contribution in [-0.2, 0) is 34.3 Å². The van der Waals surface area contributed by atoms with Crippen molar-refractivity contribution < 1.29 is 26.4 Å². The zero-order valence-corrected chi connectivity index (χ0v) is 15.7. The molecule has 0 N–H and O–H groups in total. The summed E-state index contributed by atoms with van der Waals surface area (Å²) in [4.78, 5) is 14.2. The Kier molecular flexibility index (Phi) is 4.36. The molecule has 11 heteroatoms. The van der Waals surface area contributed by atoms with Gasteiger partial charge in [-0.15, -0.1) is 0 Å². The molecular weight excluding hydrogens is 397 g/mol. The highest BCUT2D eigenvalue weighted by Crippen LogP contribution is 2.32. The van der Waals surface area contributed by atoms with Crippen LogP contribution in [0.15, 0.2) is 18.3 Å². The lowest BCUT2D eigenvalue weighted by Gasteiger charge is -2.37. The smallest absolute Gasteiger partial charge is 0.237 e. The molecule has 1 aromatic heterocycles. The number of rotatable bonds is 3. The lowest BCUT2D eigenvalue weighted by Crippen LogP contribution is -2.49. The van der Waals surface area contributed by atoms with E-state index in [1.54, 1.807) is 11.6 Å². The van der Waals surface area contributed by atoms with Crippen molar-refractivity contribution in [3.8, 4) is 0 Å². The molecule has 0 radical (unpaired) electrons. The maximum atomic E-state index is 13.4. The number of nitrogens with zero attached hydrogens (tertiary/aromatic N) is 4. The number of benzene rings is 1. The number of fused-ring (bicyclic) bond motifs is 1. The van der Waals surface area contributed by atoms with Crippen LogP contribution in [0.4, 0.5) is 18.9 Å². The molecule has 0 spiro atoms. The maximum absolute atomic E-state index is 13.4. The molecule has 0 unspecified atom stereocenters. The molecule has 2 aliphatic rings. The summed E-state index contributed by atoms with van der Waals surface area (Å²) < 4.78 is 66.7. The highest BCUT2D eigenvalue weighted by atomic mass is 32.2. The normalized spacial score (nSPS) is 20.6. The van der Waals surface area contributed by atoms with Crippen molar-refractivity contribution in [1.29, 1.82) is 0 Å². The van der Waals surface area contributed by atoms with Gasteiger partial charge in [0.2, 0.25) is 15.9 Å². The van der Waals surface area contributed by atoms with Gasteiger partial charge in [0.1, 0.15) is 0 Å². The molecule has 0 saturated carbocycles. The Labute approximate surface area is 159 Å². The van der Waals surface area contributed by atoms with Gasteiger partial charge in [-0.1, -0.05) is 0 Å². The Morgan fingerprint density at radius 1 is 1.25 bits per heavy atom. The summed E-state index contributed by atoms with van der Waals surface area (Å²) in [5.41, 5.74) is 1.05. The Morgan fingerprint density at radius 3 is 2.50 bits per heavy atom. The van der Waals surface area contributed by atoms with Gasteiger partial charge in [0.25, 0.3) is 0 Å². The number of hydrogen-bond donors (Lipinski definition) is 0. The first-order valence-corrected chi connectivity index (χ1v) is 10.3. The van der Waals surface area contributed by atoms with Crippen LogP contribution in [0.3, 0.4) is 0 Å². The zero-order chi connectivity index (χ0) is 20.2. The van der Waals surface area contributed by atoms with E-state index >= 15 is 0 Å². The van der Waals surface area contributed by atoms with Crippen LogP contribution in [-0.4, -0.2) is 47.3 Å². The number of hydrogen-bond acceptors (Lipinski definition) is 4. The molecule has 28 heavy (non-hydrogen) atoms. The van der Waals surface area contributed by atoms with Crippen molar-refractivity contribution >= 4 is 21.6 Å². The minimum absolute atomic E-state index is 0.0261. The van der Waals surface area contributed by atoms with Crippen molar-refractivity contribution in [3.05, 3.63) is 47.0 Å². The van der Waals surface area contributed by atoms with Crippen molar-refractivity contribution in [3.63, 3.8) is 0 Å². The van der Waals surface area contributed by atoms with Gasteiger partial charge in [-0.2, -0.15) is 5.10 Å². The third kappa shape index (κ3) is 3.03. The van der Waals surface area contributed by atoms with Gasteiger partial charge in [0.15, 0.2) is 17.5 Å². The van der Waals surface area contributed by atoms with Gasteiger partial charge in [-0.3, -0.25) is 13.8 Å². The number of halogens is 3. The van der Waals surface area contributed by atoms with Crippen LogP contribution in [0.1, 0.15) is 18.2 Å². The van der Waals surface area contributed by atoms with Gasteiger partial charge < -0.3 is 4.90 Å². The molecule has 2 aliphatic heterocycles. The van der Waals surface area contributed by atoms with Gasteiger partial charge in [-0.05, 0) is 24.6 Å². The number of aromatic nitrogens is 2. The average molecular weight is 414 g/mol. The summed E-state index contributed by atoms with van der Waals surface area (Å²) in [6.07, 6.45) is 1.17. The summed E-state index contributed by atoms with van der Waals surface area (Å²) in [7, 11) is -3.33. The summed E-state index contributed by atoms with van der Waals surface area (Å²) in [5.74, 6) is -4.61. The fourth-order valence-corrected chi connectivity index (χ4v) is 4.63. The Hall–Kier alpha value is -2.56. The Morgan fingerprint density at radius 2 is 1.93 bits per heavy atom. The number of carbonyl (C=O) groups excluding carboxylic acids is 1. The molecule has 0 bridgehead atoms. The molecule has 7 nitrogen and oxygen atoms in total. The molecule has 1 saturated heterocycles. The first-order valence-electron chi connectivity index (χ1n) is 8.65. The molecule has 0 aliphatic carbocycles. The number of amides is 1. The van der Waals surface area contributed by atoms with E-state index in [9.17, 15) is 26.4 Å². The van der Waals surface area contributed by atoms with Crippen LogP contribution in [0.25, 0.3) is 0 Å². The molecule has 1 fully saturated rings. The molecule has 2 aromatic rings. The first-order chi connectivity index (χ1) is 13.2. The van der Waals surface area contributed by atoms with E-state index in [1.807, 2.05) is 0 Å². The Balaban J connectivity index is 1.57. The summed E-state index contributed by atoms with van der Waals surface area (Å²) >= 11 is 0. The predicted molar refractivity (Wildman–Crippen MR) is 93.4 cm³/mol. The second kappa shape index (κ2) is 6.50. The third-order valence-electron chi connectivity index (χ3n) is 5.09. The van der Waals surface area contributed by atoms with Gasteiger partial charge >= 0.3 is 0 Å². The highest BCUT2D eigenvalue weighted by molar-refractivity contribution is 7.94. The quantitative estimate of drug-likeness (QED) is 0.712. The molecule has 1 atom stereocenters. The molecule has 1 aromatic carbocycles. The highest BCUT2D eigenvalue weighted by Gasteiger charge is 2.38. The Bertz CT molecular complexity index is 1050. The first kappa shape index (κ1) is 18.8. The minimum atomic E-state index is -3.33. The van der Waals surface area contributed by atoms with Crippen molar-refractivity contribution in [2.45, 2.75) is 32.5 Å². The van der Waals surface area contributed by atoms with E-state index in [0.29, 0.717) is 24.5 Å². The van der Waals surface area contributed by atoms with E-state index in [2.05, 4.69) is 5.10 Å². The second-order valence-electron chi connectivity index (χ2n) is 6.97. The monoisotopic (exact) mass is 414 g/mol. The van der Waals surface area contributed by atoms with E-state index in [4.69, 9.17) is 0 Å². The van der Waals surface area contributed by atoms with Crippen molar-refractivity contribution in [1.82, 2.24) is 14.7 Å². The average Bonchev–Trinajstić information content (AvgIpc) is 3.00. The lowest BCUT2D eigenvalue weighted by molar-refractivity contribution is -0.134. The molecule has 3 heterocycles. The van der Waals surface area contributed by atoms with Gasteiger partial charge in [0.05, 0.1) is 49.4 Å². The number of anilines is 1. The topological polar surface area (TPSA) is 75.5 Å².